The molecule has 1 fully saturated rings. The number of nitrogens with two attached hydrogens (primary N) is 1. The van der Waals surface area contributed by atoms with E-state index in [9.17, 15) is 9.90 Å². The summed E-state index contributed by atoms with van der Waals surface area (Å²) >= 11 is 0. The van der Waals surface area contributed by atoms with Gasteiger partial charge in [-0.1, -0.05) is 6.92 Å². The summed E-state index contributed by atoms with van der Waals surface area (Å²) in [6, 6.07) is 1.42. The Labute approximate surface area is 106 Å². The molecule has 1 aliphatic heterocycles. The summed E-state index contributed by atoms with van der Waals surface area (Å²) in [6.45, 7) is 6.68. The predicted octanol–water partition coefficient (Wildman–Crippen LogP) is 0.504. The highest BCUT2D eigenvalue weighted by molar-refractivity contribution is 5.95. The van der Waals surface area contributed by atoms with E-state index in [0.717, 1.165) is 32.7 Å². The van der Waals surface area contributed by atoms with Gasteiger partial charge in [-0.2, -0.15) is 0 Å². The van der Waals surface area contributed by atoms with Crippen molar-refractivity contribution in [3.63, 3.8) is 0 Å². The Morgan fingerprint density at radius 1 is 1.44 bits per heavy atom. The summed E-state index contributed by atoms with van der Waals surface area (Å²) in [7, 11) is 0. The first-order valence-electron chi connectivity index (χ1n) is 6.08. The van der Waals surface area contributed by atoms with Gasteiger partial charge in [-0.15, -0.1) is 0 Å². The average Bonchev–Trinajstić information content (AvgIpc) is 2.39. The normalized spacial score (nSPS) is 16.8. The fraction of sp³-hybridized carbons (Fsp3) is 0.500. The van der Waals surface area contributed by atoms with Crippen molar-refractivity contribution in [3.05, 3.63) is 17.8 Å². The van der Waals surface area contributed by atoms with Gasteiger partial charge in [0.2, 0.25) is 0 Å². The topological polar surface area (TPSA) is 82.7 Å². The average molecular weight is 250 g/mol. The zero-order valence-corrected chi connectivity index (χ0v) is 10.5. The number of carbonyl (C=O) groups is 1. The molecule has 0 spiro atoms. The van der Waals surface area contributed by atoms with E-state index in [4.69, 9.17) is 5.73 Å². The quantitative estimate of drug-likeness (QED) is 0.813. The SMILES string of the molecule is CCN1CCN(c2cnc(N)cc2C(=O)O)CC1. The van der Waals surface area contributed by atoms with Crippen LogP contribution in [0.3, 0.4) is 0 Å². The van der Waals surface area contributed by atoms with E-state index in [1.165, 1.54) is 6.07 Å². The first-order chi connectivity index (χ1) is 8.61. The molecular weight excluding hydrogens is 232 g/mol. The molecule has 0 bridgehead atoms. The van der Waals surface area contributed by atoms with Crippen LogP contribution in [0.1, 0.15) is 17.3 Å². The Morgan fingerprint density at radius 2 is 2.11 bits per heavy atom. The lowest BCUT2D eigenvalue weighted by atomic mass is 10.2. The number of nitrogen functional groups attached to an aromatic ring is 1. The number of nitrogens with zero attached hydrogens (tertiary/aromatic N) is 3. The van der Waals surface area contributed by atoms with Crippen LogP contribution < -0.4 is 10.6 Å². The second-order valence-electron chi connectivity index (χ2n) is 4.35. The van der Waals surface area contributed by atoms with Crippen LogP contribution in [0.15, 0.2) is 12.3 Å². The number of aromatic nitrogens is 1. The summed E-state index contributed by atoms with van der Waals surface area (Å²) < 4.78 is 0. The molecule has 0 amide bonds. The predicted molar refractivity (Wildman–Crippen MR) is 69.9 cm³/mol. The van der Waals surface area contributed by atoms with E-state index >= 15 is 0 Å². The minimum absolute atomic E-state index is 0.229. The van der Waals surface area contributed by atoms with Crippen molar-refractivity contribution >= 4 is 17.5 Å². The van der Waals surface area contributed by atoms with Gasteiger partial charge in [0, 0.05) is 26.2 Å². The molecule has 3 N–H and O–H groups in total. The molecule has 6 nitrogen and oxygen atoms in total. The molecule has 0 aromatic carbocycles. The minimum Gasteiger partial charge on any atom is -0.478 e. The Kier molecular flexibility index (Phi) is 3.66. The summed E-state index contributed by atoms with van der Waals surface area (Å²) in [6.07, 6.45) is 1.56. The van der Waals surface area contributed by atoms with Crippen molar-refractivity contribution in [1.29, 1.82) is 0 Å². The smallest absolute Gasteiger partial charge is 0.338 e. The van der Waals surface area contributed by atoms with E-state index in [-0.39, 0.29) is 11.4 Å². The van der Waals surface area contributed by atoms with Gasteiger partial charge in [0.05, 0.1) is 17.4 Å². The fourth-order valence-corrected chi connectivity index (χ4v) is 2.19. The van der Waals surface area contributed by atoms with Crippen LogP contribution in [0, 0.1) is 0 Å². The van der Waals surface area contributed by atoms with Gasteiger partial charge >= 0.3 is 5.97 Å². The summed E-state index contributed by atoms with van der Waals surface area (Å²) in [5, 5.41) is 9.20. The monoisotopic (exact) mass is 250 g/mol. The van der Waals surface area contributed by atoms with Crippen LogP contribution in [-0.2, 0) is 0 Å². The molecule has 0 atom stereocenters. The molecule has 1 aliphatic rings. The molecule has 0 radical (unpaired) electrons. The number of aromatic carboxylic acids is 1. The highest BCUT2D eigenvalue weighted by atomic mass is 16.4. The van der Waals surface area contributed by atoms with E-state index in [1.54, 1.807) is 6.20 Å². The van der Waals surface area contributed by atoms with Gasteiger partial charge < -0.3 is 20.6 Å². The van der Waals surface area contributed by atoms with Crippen molar-refractivity contribution in [2.75, 3.05) is 43.4 Å². The van der Waals surface area contributed by atoms with Crippen molar-refractivity contribution in [3.8, 4) is 0 Å². The lowest BCUT2D eigenvalue weighted by Gasteiger charge is -2.35. The lowest BCUT2D eigenvalue weighted by molar-refractivity contribution is 0.0697. The van der Waals surface area contributed by atoms with Gasteiger partial charge in [-0.25, -0.2) is 9.78 Å². The zero-order chi connectivity index (χ0) is 13.1. The largest absolute Gasteiger partial charge is 0.478 e. The molecule has 1 aromatic rings. The summed E-state index contributed by atoms with van der Waals surface area (Å²) in [5.41, 5.74) is 6.43. The van der Waals surface area contributed by atoms with Crippen LogP contribution >= 0.6 is 0 Å². The first-order valence-corrected chi connectivity index (χ1v) is 6.08. The molecule has 2 rings (SSSR count). The number of anilines is 2. The molecule has 98 valence electrons. The van der Waals surface area contributed by atoms with E-state index in [0.29, 0.717) is 5.69 Å². The molecule has 0 unspecified atom stereocenters. The molecule has 0 aliphatic carbocycles. The van der Waals surface area contributed by atoms with Crippen molar-refractivity contribution in [2.24, 2.45) is 0 Å². The summed E-state index contributed by atoms with van der Waals surface area (Å²) in [5.74, 6) is -0.722. The molecule has 1 aromatic heterocycles. The van der Waals surface area contributed by atoms with Crippen molar-refractivity contribution < 1.29 is 9.90 Å². The zero-order valence-electron chi connectivity index (χ0n) is 10.5. The van der Waals surface area contributed by atoms with Gasteiger partial charge in [0.25, 0.3) is 0 Å². The Balaban J connectivity index is 2.21. The van der Waals surface area contributed by atoms with Crippen molar-refractivity contribution in [1.82, 2.24) is 9.88 Å². The Hall–Kier alpha value is -1.82. The van der Waals surface area contributed by atoms with Gasteiger partial charge in [0.1, 0.15) is 5.82 Å². The third-order valence-electron chi connectivity index (χ3n) is 3.29. The second kappa shape index (κ2) is 5.22. The number of rotatable bonds is 3. The molecule has 6 heteroatoms. The molecule has 2 heterocycles. The highest BCUT2D eigenvalue weighted by Gasteiger charge is 2.21. The van der Waals surface area contributed by atoms with Crippen LogP contribution in [0.4, 0.5) is 11.5 Å². The van der Waals surface area contributed by atoms with Crippen molar-refractivity contribution in [2.45, 2.75) is 6.92 Å². The van der Waals surface area contributed by atoms with Crippen LogP contribution in [0.25, 0.3) is 0 Å². The van der Waals surface area contributed by atoms with Gasteiger partial charge in [-0.05, 0) is 12.6 Å². The van der Waals surface area contributed by atoms with E-state index < -0.39 is 5.97 Å². The van der Waals surface area contributed by atoms with E-state index in [1.807, 2.05) is 0 Å². The van der Waals surface area contributed by atoms with Crippen LogP contribution in [0.2, 0.25) is 0 Å². The maximum atomic E-state index is 11.2. The second-order valence-corrected chi connectivity index (χ2v) is 4.35. The number of piperazine rings is 1. The van der Waals surface area contributed by atoms with Gasteiger partial charge in [-0.3, -0.25) is 0 Å². The van der Waals surface area contributed by atoms with Gasteiger partial charge in [0.15, 0.2) is 0 Å². The summed E-state index contributed by atoms with van der Waals surface area (Å²) in [4.78, 5) is 19.6. The maximum absolute atomic E-state index is 11.2. The number of hydrogen-bond donors (Lipinski definition) is 2. The molecular formula is C12H18N4O2. The molecule has 1 saturated heterocycles. The molecule has 0 saturated carbocycles. The fourth-order valence-electron chi connectivity index (χ4n) is 2.19. The number of carboxylic acid groups (broad SMARTS) is 1. The minimum atomic E-state index is -0.961. The lowest BCUT2D eigenvalue weighted by Crippen LogP contribution is -2.46. The Morgan fingerprint density at radius 3 is 2.67 bits per heavy atom. The number of hydrogen-bond acceptors (Lipinski definition) is 5. The highest BCUT2D eigenvalue weighted by Crippen LogP contribution is 2.22. The first kappa shape index (κ1) is 12.6. The van der Waals surface area contributed by atoms with Crippen LogP contribution in [0.5, 0.6) is 0 Å². The van der Waals surface area contributed by atoms with Crippen LogP contribution in [-0.4, -0.2) is 53.7 Å². The molecule has 18 heavy (non-hydrogen) atoms. The number of carboxylic acids is 1. The number of pyridine rings is 1. The third-order valence-corrected chi connectivity index (χ3v) is 3.29. The standard InChI is InChI=1S/C12H18N4O2/c1-2-15-3-5-16(6-4-15)10-8-14-11(13)7-9(10)12(17)18/h7-8H,2-6H2,1H3,(H2,13,14)(H,17,18). The third kappa shape index (κ3) is 2.53. The number of likely N-dealkylation sites (N-methyl/N-ethyl adjacent to an activating group) is 1. The van der Waals surface area contributed by atoms with E-state index in [2.05, 4.69) is 21.7 Å². The Bertz CT molecular complexity index is 442. The maximum Gasteiger partial charge on any atom is 0.338 e.